The Morgan fingerprint density at radius 3 is 1.51 bits per heavy atom. The third-order valence-electron chi connectivity index (χ3n) is 17.1. The number of carbonyl (C=O) groups is 4. The van der Waals surface area contributed by atoms with E-state index >= 15 is 0 Å². The number of allylic oxidation sites excluding steroid dienone is 2. The molecule has 3 aliphatic carbocycles. The molecule has 8 aromatic rings. The number of nitrogens with zero attached hydrogens (tertiary/aromatic N) is 12. The molecule has 0 unspecified atom stereocenters. The standard InChI is InChI=1S/C24H20FN5O.C19H17BrN4O.C13H11BrN2O2.C6H8N2.C5H5BFNO2/c25-22-7-6-16(11-26-22)17-2-1-3-19-18(17)8-9-30-21(19)10-23(27-12-24(30)31)29-13-20(28-14-29)15-4-5-15;20-15-3-1-2-14-13(15)6-7-24-17(14)8-18(21-9-19(24)25)23-10-16(22-11-23)12-4-5-12;14-10-3-1-2-9-8(10)4-5-16-11(9)6-12(17)15-7-13(16)18;1-2-5(1)6-3-7-4-8-6;7-5-2-1-4(3-8-5)6(9)10/h1-3,6-7,10-11,13-15H,4-5,8-9,12H2;1-3,8,10-12H,4-7,9H2;1-3,6H,4-5,7H2,(H,15,17);3-5H,1-2H2,(H,7,8);1-3,9-10H. The number of rotatable bonds is 5. The van der Waals surface area contributed by atoms with Crippen molar-refractivity contribution in [1.29, 1.82) is 0 Å². The van der Waals surface area contributed by atoms with E-state index in [0.29, 0.717) is 43.0 Å². The zero-order valence-electron chi connectivity index (χ0n) is 49.7. The fourth-order valence-corrected chi connectivity index (χ4v) is 12.9. The Balaban J connectivity index is 0.000000113. The molecule has 0 atom stereocenters. The van der Waals surface area contributed by atoms with Gasteiger partial charge in [0, 0.05) is 129 Å². The lowest BCUT2D eigenvalue weighted by Crippen LogP contribution is -2.38. The number of amides is 4. The van der Waals surface area contributed by atoms with Crippen LogP contribution in [0.2, 0.25) is 0 Å². The van der Waals surface area contributed by atoms with Crippen LogP contribution in [0.4, 0.5) is 8.78 Å². The number of pyridine rings is 2. The normalized spacial score (nSPS) is 17.8. The summed E-state index contributed by atoms with van der Waals surface area (Å²) in [5, 5.41) is 19.6. The summed E-state index contributed by atoms with van der Waals surface area (Å²) in [6, 6.07) is 23.5. The second-order valence-electron chi connectivity index (χ2n) is 23.3. The molecule has 17 rings (SSSR count). The van der Waals surface area contributed by atoms with E-state index in [1.165, 1.54) is 68.0 Å². The van der Waals surface area contributed by atoms with Crippen molar-refractivity contribution >= 4 is 96.8 Å². The van der Waals surface area contributed by atoms with Crippen LogP contribution in [-0.2, 0) is 38.4 Å². The number of nitrogens with one attached hydrogen (secondary N) is 2. The van der Waals surface area contributed by atoms with Gasteiger partial charge in [-0.15, -0.1) is 0 Å². The van der Waals surface area contributed by atoms with Gasteiger partial charge in [0.05, 0.1) is 41.4 Å². The number of benzene rings is 3. The van der Waals surface area contributed by atoms with Crippen molar-refractivity contribution in [1.82, 2.24) is 59.1 Å². The van der Waals surface area contributed by atoms with Gasteiger partial charge in [-0.3, -0.25) is 38.3 Å². The summed E-state index contributed by atoms with van der Waals surface area (Å²) in [6.07, 6.45) is 29.4. The zero-order valence-corrected chi connectivity index (χ0v) is 52.9. The first-order valence-electron chi connectivity index (χ1n) is 30.5. The van der Waals surface area contributed by atoms with E-state index in [2.05, 4.69) is 95.4 Å². The van der Waals surface area contributed by atoms with E-state index in [9.17, 15) is 28.0 Å². The van der Waals surface area contributed by atoms with E-state index in [-0.39, 0.29) is 48.7 Å². The second kappa shape index (κ2) is 27.0. The quantitative estimate of drug-likeness (QED) is 0.0942. The van der Waals surface area contributed by atoms with Gasteiger partial charge in [0.2, 0.25) is 35.5 Å². The van der Waals surface area contributed by atoms with Crippen LogP contribution >= 0.6 is 31.9 Å². The van der Waals surface area contributed by atoms with E-state index in [1.807, 2.05) is 92.3 Å². The van der Waals surface area contributed by atoms with Gasteiger partial charge in [-0.1, -0.05) is 80.4 Å². The van der Waals surface area contributed by atoms with Gasteiger partial charge < -0.3 is 35.0 Å². The molecule has 0 radical (unpaired) electrons. The highest BCUT2D eigenvalue weighted by Gasteiger charge is 2.34. The summed E-state index contributed by atoms with van der Waals surface area (Å²) in [7, 11) is -1.58. The molecule has 3 aromatic carbocycles. The molecule has 466 valence electrons. The van der Waals surface area contributed by atoms with Crippen molar-refractivity contribution in [2.75, 3.05) is 39.3 Å². The lowest BCUT2D eigenvalue weighted by atomic mass is 9.82. The minimum atomic E-state index is -1.58. The minimum Gasteiger partial charge on any atom is -0.423 e. The molecule has 0 spiro atoms. The van der Waals surface area contributed by atoms with Crippen molar-refractivity contribution in [2.24, 2.45) is 9.98 Å². The number of hydrogen-bond acceptors (Lipinski definition) is 13. The molecule has 3 fully saturated rings. The Labute approximate surface area is 545 Å². The number of imidazole rings is 3. The number of carbonyl (C=O) groups excluding carboxylic acids is 4. The average Bonchev–Trinajstić information content (AvgIpc) is 1.65. The predicted molar refractivity (Wildman–Crippen MR) is 349 cm³/mol. The van der Waals surface area contributed by atoms with Crippen molar-refractivity contribution < 1.29 is 38.0 Å². The largest absolute Gasteiger partial charge is 0.490 e. The molecule has 3 saturated carbocycles. The first-order chi connectivity index (χ1) is 44.7. The first kappa shape index (κ1) is 61.7. The molecule has 9 aliphatic rings. The maximum absolute atomic E-state index is 13.3. The van der Waals surface area contributed by atoms with Crippen LogP contribution in [0.5, 0.6) is 0 Å². The SMILES string of the molecule is O=C1C=C2c3cccc(Br)c3CCN2C(=O)CN1.O=C1CN=C(n2cnc(C3CC3)c2)C=C2c3cccc(-c4ccc(F)nc4)c3CCN12.O=C1CN=C(n2cnc(C3CC3)c2)C=C2c3cccc(Br)c3CCN12.OB(O)c1ccc(F)nc1.c1ncc(C2CC2)[nH]1. The molecule has 6 aliphatic heterocycles. The molecular formula is C67H61BBr2F2N14O6. The predicted octanol–water partition coefficient (Wildman–Crippen LogP) is 8.35. The molecule has 20 nitrogen and oxygen atoms in total. The highest BCUT2D eigenvalue weighted by molar-refractivity contribution is 9.10. The molecule has 25 heteroatoms. The monoisotopic (exact) mass is 1360 g/mol. The lowest BCUT2D eigenvalue weighted by Gasteiger charge is -2.32. The van der Waals surface area contributed by atoms with Gasteiger partial charge in [0.25, 0.3) is 0 Å². The average molecular weight is 1370 g/mol. The fourth-order valence-electron chi connectivity index (χ4n) is 11.8. The smallest absolute Gasteiger partial charge is 0.423 e. The van der Waals surface area contributed by atoms with Crippen molar-refractivity contribution in [2.45, 2.75) is 75.5 Å². The minimum absolute atomic E-state index is 0.0108. The molecule has 0 bridgehead atoms. The topological polar surface area (TPSA) is 245 Å². The number of hydrogen-bond donors (Lipinski definition) is 4. The van der Waals surface area contributed by atoms with Crippen molar-refractivity contribution in [3.63, 3.8) is 0 Å². The van der Waals surface area contributed by atoms with Gasteiger partial charge >= 0.3 is 7.12 Å². The van der Waals surface area contributed by atoms with Crippen LogP contribution < -0.4 is 10.8 Å². The van der Waals surface area contributed by atoms with Gasteiger partial charge in [-0.25, -0.2) is 24.9 Å². The molecule has 5 aromatic heterocycles. The van der Waals surface area contributed by atoms with Crippen LogP contribution in [-0.4, -0.2) is 145 Å². The van der Waals surface area contributed by atoms with E-state index < -0.39 is 19.0 Å². The number of fused-ring (bicyclic) bond motifs is 9. The molecule has 11 heterocycles. The summed E-state index contributed by atoms with van der Waals surface area (Å²) in [6.45, 7) is 2.26. The first-order valence-corrected chi connectivity index (χ1v) is 32.1. The summed E-state index contributed by atoms with van der Waals surface area (Å²) in [5.74, 6) is 2.10. The number of H-pyrrole nitrogens is 1. The summed E-state index contributed by atoms with van der Waals surface area (Å²) < 4.78 is 31.4. The Hall–Kier alpha value is -9.17. The van der Waals surface area contributed by atoms with Crippen LogP contribution in [0.25, 0.3) is 28.2 Å². The third kappa shape index (κ3) is 13.9. The molecule has 4 amide bonds. The summed E-state index contributed by atoms with van der Waals surface area (Å²) >= 11 is 7.16. The van der Waals surface area contributed by atoms with Gasteiger partial charge in [-0.05, 0) is 110 Å². The Bertz CT molecular complexity index is 4310. The highest BCUT2D eigenvalue weighted by atomic mass is 79.9. The molecule has 0 saturated heterocycles. The number of aliphatic imine (C=N–C) groups is 2. The maximum Gasteiger partial charge on any atom is 0.490 e. The van der Waals surface area contributed by atoms with Crippen LogP contribution in [0.15, 0.2) is 166 Å². The molecular weight excluding hydrogens is 1310 g/mol. The van der Waals surface area contributed by atoms with Gasteiger partial charge in [0.15, 0.2) is 0 Å². The fraction of sp³-hybridized carbons (Fsp3) is 0.269. The second-order valence-corrected chi connectivity index (χ2v) is 25.0. The van der Waals surface area contributed by atoms with E-state index in [1.54, 1.807) is 29.8 Å². The number of aromatic amines is 1. The van der Waals surface area contributed by atoms with Crippen molar-refractivity contribution in [3.8, 4) is 11.1 Å². The Kier molecular flexibility index (Phi) is 18.1. The van der Waals surface area contributed by atoms with Gasteiger partial charge in [-0.2, -0.15) is 8.78 Å². The molecule has 4 N–H and O–H groups in total. The summed E-state index contributed by atoms with van der Waals surface area (Å²) in [5.41, 5.74) is 14.7. The highest BCUT2D eigenvalue weighted by Crippen LogP contribution is 2.42. The van der Waals surface area contributed by atoms with Crippen molar-refractivity contribution in [3.05, 3.63) is 218 Å². The number of aromatic nitrogens is 8. The third-order valence-corrected chi connectivity index (χ3v) is 18.6. The molecule has 92 heavy (non-hydrogen) atoms. The van der Waals surface area contributed by atoms with Crippen LogP contribution in [0.3, 0.4) is 0 Å². The number of halogens is 4. The van der Waals surface area contributed by atoms with Crippen LogP contribution in [0, 0.1) is 11.9 Å². The zero-order chi connectivity index (χ0) is 63.6. The Morgan fingerprint density at radius 2 is 1.02 bits per heavy atom. The van der Waals surface area contributed by atoms with Crippen LogP contribution in [0.1, 0.15) is 107 Å². The Morgan fingerprint density at radius 1 is 0.533 bits per heavy atom. The van der Waals surface area contributed by atoms with E-state index in [0.717, 1.165) is 114 Å². The maximum atomic E-state index is 13.3. The summed E-state index contributed by atoms with van der Waals surface area (Å²) in [4.78, 5) is 86.6. The lowest BCUT2D eigenvalue weighted by molar-refractivity contribution is -0.128. The van der Waals surface area contributed by atoms with E-state index in [4.69, 9.17) is 10.0 Å². The van der Waals surface area contributed by atoms with Gasteiger partial charge in [0.1, 0.15) is 37.4 Å².